The van der Waals surface area contributed by atoms with Gasteiger partial charge in [-0.3, -0.25) is 10.1 Å². The van der Waals surface area contributed by atoms with E-state index in [4.69, 9.17) is 7.85 Å². The maximum absolute atomic E-state index is 14.6. The number of thiazole rings is 1. The highest BCUT2D eigenvalue weighted by atomic mass is 32.1. The minimum Gasteiger partial charge on any atom is -0.384 e. The highest BCUT2D eigenvalue weighted by Gasteiger charge is 2.39. The monoisotopic (exact) mass is 466 g/mol. The quantitative estimate of drug-likeness (QED) is 0.348. The Hall–Kier alpha value is -2.78. The summed E-state index contributed by atoms with van der Waals surface area (Å²) < 4.78 is 29.1. The molecule has 3 aromatic rings. The van der Waals surface area contributed by atoms with Gasteiger partial charge in [-0.1, -0.05) is 42.6 Å². The molecule has 2 radical (unpaired) electrons. The predicted octanol–water partition coefficient (Wildman–Crippen LogP) is 3.96. The van der Waals surface area contributed by atoms with Crippen molar-refractivity contribution in [1.29, 1.82) is 0 Å². The van der Waals surface area contributed by atoms with Crippen molar-refractivity contribution in [3.05, 3.63) is 70.2 Å². The smallest absolute Gasteiger partial charge is 0.263 e. The zero-order chi connectivity index (χ0) is 23.4. The lowest BCUT2D eigenvalue weighted by molar-refractivity contribution is 0.101. The summed E-state index contributed by atoms with van der Waals surface area (Å²) in [5, 5.41) is 10.6. The Morgan fingerprint density at radius 3 is 2.42 bits per heavy atom. The van der Waals surface area contributed by atoms with Crippen LogP contribution in [0, 0.1) is 11.6 Å². The fourth-order valence-corrected chi connectivity index (χ4v) is 5.21. The Morgan fingerprint density at radius 2 is 1.79 bits per heavy atom. The number of benzene rings is 2. The molecule has 1 saturated carbocycles. The predicted molar refractivity (Wildman–Crippen MR) is 130 cm³/mol. The number of likely N-dealkylation sites (N-methyl/N-ethyl adjacent to an activating group) is 1. The van der Waals surface area contributed by atoms with E-state index in [-0.39, 0.29) is 11.1 Å². The molecule has 1 heterocycles. The van der Waals surface area contributed by atoms with Crippen LogP contribution < -0.4 is 21.4 Å². The first kappa shape index (κ1) is 23.4. The lowest BCUT2D eigenvalue weighted by atomic mass is 9.75. The van der Waals surface area contributed by atoms with Gasteiger partial charge in [-0.15, -0.1) is 11.3 Å². The van der Waals surface area contributed by atoms with Crippen LogP contribution in [0.5, 0.6) is 0 Å². The fourth-order valence-electron chi connectivity index (χ4n) is 4.41. The number of hydrogen-bond donors (Lipinski definition) is 3. The summed E-state index contributed by atoms with van der Waals surface area (Å²) in [6.45, 7) is 1.13. The molecule has 1 aliphatic carbocycles. The number of aromatic nitrogens is 1. The van der Waals surface area contributed by atoms with E-state index in [1.807, 2.05) is 29.6 Å². The van der Waals surface area contributed by atoms with Crippen LogP contribution in [-0.4, -0.2) is 38.9 Å². The van der Waals surface area contributed by atoms with Crippen molar-refractivity contribution in [2.45, 2.75) is 31.1 Å². The normalized spacial score (nSPS) is 14.9. The first-order valence-electron chi connectivity index (χ1n) is 10.9. The highest BCUT2D eigenvalue weighted by Crippen LogP contribution is 2.46. The van der Waals surface area contributed by atoms with E-state index in [1.54, 1.807) is 7.05 Å². The van der Waals surface area contributed by atoms with E-state index in [1.165, 1.54) is 11.3 Å². The van der Waals surface area contributed by atoms with Gasteiger partial charge in [0.1, 0.15) is 25.0 Å². The number of rotatable bonds is 8. The summed E-state index contributed by atoms with van der Waals surface area (Å²) in [6.07, 6.45) is 4.04. The van der Waals surface area contributed by atoms with Gasteiger partial charge in [0, 0.05) is 29.6 Å². The van der Waals surface area contributed by atoms with E-state index in [2.05, 4.69) is 20.9 Å². The lowest BCUT2D eigenvalue weighted by Crippen LogP contribution is -2.25. The first-order chi connectivity index (χ1) is 15.9. The Kier molecular flexibility index (Phi) is 7.09. The molecule has 9 heteroatoms. The second kappa shape index (κ2) is 10.0. The summed E-state index contributed by atoms with van der Waals surface area (Å²) >= 11 is 1.25. The van der Waals surface area contributed by atoms with Crippen LogP contribution >= 0.6 is 11.3 Å². The van der Waals surface area contributed by atoms with Crippen molar-refractivity contribution in [1.82, 2.24) is 10.3 Å². The summed E-state index contributed by atoms with van der Waals surface area (Å²) in [6, 6.07) is 10.1. The second-order valence-corrected chi connectivity index (χ2v) is 9.11. The molecule has 0 spiro atoms. The Bertz CT molecular complexity index is 1110. The van der Waals surface area contributed by atoms with Crippen LogP contribution in [0.25, 0.3) is 0 Å². The Morgan fingerprint density at radius 1 is 1.12 bits per heavy atom. The van der Waals surface area contributed by atoms with Gasteiger partial charge in [0.05, 0.1) is 5.69 Å². The van der Waals surface area contributed by atoms with E-state index >= 15 is 0 Å². The number of carbonyl (C=O) groups is 1. The Balaban J connectivity index is 1.54. The molecule has 5 nitrogen and oxygen atoms in total. The summed E-state index contributed by atoms with van der Waals surface area (Å²) in [7, 11) is 7.64. The SMILES string of the molecule is [B]c1ccc(C2(c3csc(NC(=O)c4c(F)cc(NCCNC)cc4F)n3)CCCC2)cc1. The Labute approximate surface area is 197 Å². The fraction of sp³-hybridized carbons (Fsp3) is 0.333. The molecule has 3 N–H and O–H groups in total. The molecule has 0 saturated heterocycles. The molecule has 1 amide bonds. The van der Waals surface area contributed by atoms with Gasteiger partial charge >= 0.3 is 0 Å². The van der Waals surface area contributed by atoms with Crippen LogP contribution in [0.4, 0.5) is 19.6 Å². The topological polar surface area (TPSA) is 66.1 Å². The summed E-state index contributed by atoms with van der Waals surface area (Å²) in [4.78, 5) is 17.3. The minimum atomic E-state index is -0.926. The minimum absolute atomic E-state index is 0.246. The molecule has 0 unspecified atom stereocenters. The standard InChI is InChI=1S/C24H25BF2N4OS/c1-28-10-11-29-17-12-18(26)21(19(27)13-17)22(32)31-23-30-20(14-33-23)24(8-2-3-9-24)15-4-6-16(25)7-5-15/h4-7,12-14,28-29H,2-3,8-11H2,1H3,(H,30,31,32). The molecular weight excluding hydrogens is 441 g/mol. The second-order valence-electron chi connectivity index (χ2n) is 8.25. The van der Waals surface area contributed by atoms with Gasteiger partial charge < -0.3 is 10.6 Å². The van der Waals surface area contributed by atoms with Crippen molar-refractivity contribution in [2.75, 3.05) is 30.8 Å². The van der Waals surface area contributed by atoms with Crippen molar-refractivity contribution in [2.24, 2.45) is 0 Å². The van der Waals surface area contributed by atoms with Gasteiger partial charge in [0.15, 0.2) is 5.13 Å². The molecule has 1 aromatic heterocycles. The van der Waals surface area contributed by atoms with Crippen LogP contribution in [0.2, 0.25) is 0 Å². The molecule has 0 atom stereocenters. The van der Waals surface area contributed by atoms with Crippen LogP contribution in [0.1, 0.15) is 47.3 Å². The van der Waals surface area contributed by atoms with Gasteiger partial charge in [0.25, 0.3) is 5.91 Å². The third kappa shape index (κ3) is 4.94. The average molecular weight is 466 g/mol. The van der Waals surface area contributed by atoms with Gasteiger partial charge in [0.2, 0.25) is 0 Å². The van der Waals surface area contributed by atoms with Crippen molar-refractivity contribution >= 4 is 41.4 Å². The van der Waals surface area contributed by atoms with Crippen molar-refractivity contribution < 1.29 is 13.6 Å². The van der Waals surface area contributed by atoms with Gasteiger partial charge in [-0.05, 0) is 37.6 Å². The largest absolute Gasteiger partial charge is 0.384 e. The molecule has 0 bridgehead atoms. The molecule has 4 rings (SSSR count). The molecule has 170 valence electrons. The summed E-state index contributed by atoms with van der Waals surface area (Å²) in [5.74, 6) is -2.71. The molecule has 2 aromatic carbocycles. The first-order valence-corrected chi connectivity index (χ1v) is 11.8. The molecule has 33 heavy (non-hydrogen) atoms. The molecular formula is C24H25BF2N4OS. The number of halogens is 2. The number of anilines is 2. The van der Waals surface area contributed by atoms with Crippen molar-refractivity contribution in [3.63, 3.8) is 0 Å². The maximum Gasteiger partial charge on any atom is 0.263 e. The zero-order valence-corrected chi connectivity index (χ0v) is 19.2. The lowest BCUT2D eigenvalue weighted by Gasteiger charge is -2.28. The number of amides is 1. The number of carbonyl (C=O) groups excluding carboxylic acids is 1. The molecule has 1 fully saturated rings. The van der Waals surface area contributed by atoms with Gasteiger partial charge in [-0.2, -0.15) is 0 Å². The van der Waals surface area contributed by atoms with E-state index in [0.717, 1.165) is 49.1 Å². The van der Waals surface area contributed by atoms with E-state index in [0.29, 0.717) is 23.7 Å². The van der Waals surface area contributed by atoms with Gasteiger partial charge in [-0.25, -0.2) is 13.8 Å². The molecule has 1 aliphatic rings. The van der Waals surface area contributed by atoms with E-state index < -0.39 is 23.1 Å². The molecule has 0 aliphatic heterocycles. The highest BCUT2D eigenvalue weighted by molar-refractivity contribution is 7.14. The third-order valence-corrected chi connectivity index (χ3v) is 6.87. The number of nitrogens with zero attached hydrogens (tertiary/aromatic N) is 1. The maximum atomic E-state index is 14.6. The zero-order valence-electron chi connectivity index (χ0n) is 18.4. The average Bonchev–Trinajstić information content (AvgIpc) is 3.44. The summed E-state index contributed by atoms with van der Waals surface area (Å²) in [5.41, 5.74) is 2.10. The third-order valence-electron chi connectivity index (χ3n) is 6.11. The van der Waals surface area contributed by atoms with Crippen LogP contribution in [0.3, 0.4) is 0 Å². The van der Waals surface area contributed by atoms with Crippen LogP contribution in [-0.2, 0) is 5.41 Å². The van der Waals surface area contributed by atoms with Crippen molar-refractivity contribution in [3.8, 4) is 0 Å². The van der Waals surface area contributed by atoms with E-state index in [9.17, 15) is 13.6 Å². The number of nitrogens with one attached hydrogen (secondary N) is 3. The van der Waals surface area contributed by atoms with Crippen LogP contribution in [0.15, 0.2) is 41.8 Å². The number of hydrogen-bond acceptors (Lipinski definition) is 5.